The van der Waals surface area contributed by atoms with Crippen molar-refractivity contribution in [3.8, 4) is 23.2 Å². The van der Waals surface area contributed by atoms with Gasteiger partial charge >= 0.3 is 0 Å². The van der Waals surface area contributed by atoms with E-state index in [2.05, 4.69) is 21.8 Å². The predicted octanol–water partition coefficient (Wildman–Crippen LogP) is 5.44. The van der Waals surface area contributed by atoms with E-state index in [0.717, 1.165) is 23.8 Å². The standard InChI is InChI=1S/C25H16F4N2O/c1-32-9-8-16-13-30-25(31-14-16)18-11-22(27)20(23(28)12-18)6-3-15-2-5-19-17(10-15)4-7-21(26)24(19)29/h2,4-5,7,10-14H,8-9H2,1H3. The van der Waals surface area contributed by atoms with Crippen molar-refractivity contribution in [2.45, 2.75) is 6.42 Å². The molecule has 32 heavy (non-hydrogen) atoms. The van der Waals surface area contributed by atoms with Crippen LogP contribution in [0.3, 0.4) is 0 Å². The van der Waals surface area contributed by atoms with Crippen molar-refractivity contribution < 1.29 is 22.3 Å². The Morgan fingerprint density at radius 2 is 1.56 bits per heavy atom. The third-order valence-electron chi connectivity index (χ3n) is 4.84. The number of hydrogen-bond acceptors (Lipinski definition) is 3. The summed E-state index contributed by atoms with van der Waals surface area (Å²) in [6.45, 7) is 0.516. The Bertz CT molecular complexity index is 1340. The van der Waals surface area contributed by atoms with E-state index in [9.17, 15) is 17.6 Å². The van der Waals surface area contributed by atoms with Crippen LogP contribution in [0.15, 0.2) is 54.9 Å². The minimum atomic E-state index is -0.955. The first-order chi connectivity index (χ1) is 15.5. The van der Waals surface area contributed by atoms with E-state index in [-0.39, 0.29) is 16.8 Å². The number of halogens is 4. The van der Waals surface area contributed by atoms with Gasteiger partial charge in [0.25, 0.3) is 0 Å². The molecule has 0 atom stereocenters. The van der Waals surface area contributed by atoms with Crippen molar-refractivity contribution in [1.82, 2.24) is 9.97 Å². The summed E-state index contributed by atoms with van der Waals surface area (Å²) in [7, 11) is 1.59. The van der Waals surface area contributed by atoms with E-state index >= 15 is 0 Å². The van der Waals surface area contributed by atoms with E-state index in [1.165, 1.54) is 24.3 Å². The predicted molar refractivity (Wildman–Crippen MR) is 113 cm³/mol. The van der Waals surface area contributed by atoms with Gasteiger partial charge in [0.05, 0.1) is 12.2 Å². The molecule has 4 aromatic rings. The quantitative estimate of drug-likeness (QED) is 0.316. The first kappa shape index (κ1) is 21.5. The highest BCUT2D eigenvalue weighted by atomic mass is 19.2. The molecule has 0 aliphatic rings. The number of hydrogen-bond donors (Lipinski definition) is 0. The highest BCUT2D eigenvalue weighted by Gasteiger charge is 2.12. The summed E-state index contributed by atoms with van der Waals surface area (Å²) < 4.78 is 61.3. The number of nitrogens with zero attached hydrogens (tertiary/aromatic N) is 2. The molecule has 7 heteroatoms. The topological polar surface area (TPSA) is 35.0 Å². The third-order valence-corrected chi connectivity index (χ3v) is 4.84. The van der Waals surface area contributed by atoms with Gasteiger partial charge in [-0.25, -0.2) is 27.5 Å². The maximum absolute atomic E-state index is 14.6. The number of aromatic nitrogens is 2. The molecule has 0 saturated heterocycles. The monoisotopic (exact) mass is 436 g/mol. The van der Waals surface area contributed by atoms with Crippen molar-refractivity contribution in [3.63, 3.8) is 0 Å². The summed E-state index contributed by atoms with van der Waals surface area (Å²) in [5, 5.41) is 0.531. The van der Waals surface area contributed by atoms with Gasteiger partial charge < -0.3 is 4.74 Å². The zero-order chi connectivity index (χ0) is 22.7. The Balaban J connectivity index is 1.62. The smallest absolute Gasteiger partial charge is 0.166 e. The van der Waals surface area contributed by atoms with Crippen LogP contribution in [-0.4, -0.2) is 23.7 Å². The third kappa shape index (κ3) is 4.46. The summed E-state index contributed by atoms with van der Waals surface area (Å²) in [5.74, 6) is 1.72. The largest absolute Gasteiger partial charge is 0.384 e. The van der Waals surface area contributed by atoms with E-state index < -0.39 is 28.8 Å². The summed E-state index contributed by atoms with van der Waals surface area (Å²) in [6, 6.07) is 9.02. The highest BCUT2D eigenvalue weighted by molar-refractivity contribution is 5.84. The van der Waals surface area contributed by atoms with Crippen molar-refractivity contribution in [2.75, 3.05) is 13.7 Å². The average molecular weight is 436 g/mol. The van der Waals surface area contributed by atoms with Crippen molar-refractivity contribution in [1.29, 1.82) is 0 Å². The highest BCUT2D eigenvalue weighted by Crippen LogP contribution is 2.23. The Morgan fingerprint density at radius 3 is 2.25 bits per heavy atom. The lowest BCUT2D eigenvalue weighted by molar-refractivity contribution is 0.202. The number of methoxy groups -OCH3 is 1. The second-order valence-corrected chi connectivity index (χ2v) is 7.02. The van der Waals surface area contributed by atoms with Gasteiger partial charge in [-0.3, -0.25) is 0 Å². The average Bonchev–Trinajstić information content (AvgIpc) is 2.80. The zero-order valence-electron chi connectivity index (χ0n) is 16.9. The van der Waals surface area contributed by atoms with Gasteiger partial charge in [0.15, 0.2) is 17.5 Å². The maximum atomic E-state index is 14.6. The first-order valence-electron chi connectivity index (χ1n) is 9.65. The van der Waals surface area contributed by atoms with Gasteiger partial charge in [-0.2, -0.15) is 0 Å². The molecule has 0 bridgehead atoms. The second-order valence-electron chi connectivity index (χ2n) is 7.02. The Morgan fingerprint density at radius 1 is 0.844 bits per heavy atom. The molecular weight excluding hydrogens is 420 g/mol. The SMILES string of the molecule is COCCc1cnc(-c2cc(F)c(C#Cc3ccc4c(F)c(F)ccc4c3)c(F)c2)nc1. The van der Waals surface area contributed by atoms with Crippen molar-refractivity contribution >= 4 is 10.8 Å². The fourth-order valence-electron chi connectivity index (χ4n) is 3.15. The molecule has 0 amide bonds. The normalized spacial score (nSPS) is 10.8. The molecule has 0 spiro atoms. The lowest BCUT2D eigenvalue weighted by Crippen LogP contribution is -1.99. The Labute approximate surface area is 181 Å². The van der Waals surface area contributed by atoms with Gasteiger partial charge in [0.2, 0.25) is 0 Å². The first-order valence-corrected chi connectivity index (χ1v) is 9.65. The molecule has 0 unspecified atom stereocenters. The summed E-state index contributed by atoms with van der Waals surface area (Å²) >= 11 is 0. The van der Waals surface area contributed by atoms with Crippen LogP contribution in [0.2, 0.25) is 0 Å². The second kappa shape index (κ2) is 9.16. The van der Waals surface area contributed by atoms with Gasteiger partial charge in [-0.05, 0) is 47.7 Å². The lowest BCUT2D eigenvalue weighted by atomic mass is 10.1. The van der Waals surface area contributed by atoms with Gasteiger partial charge in [-0.15, -0.1) is 0 Å². The van der Waals surface area contributed by atoms with Gasteiger partial charge in [0.1, 0.15) is 11.6 Å². The molecule has 0 aliphatic heterocycles. The minimum absolute atomic E-state index is 0.102. The molecule has 3 nitrogen and oxygen atoms in total. The maximum Gasteiger partial charge on any atom is 0.166 e. The molecule has 0 N–H and O–H groups in total. The molecule has 3 aromatic carbocycles. The van der Waals surface area contributed by atoms with E-state index in [4.69, 9.17) is 4.74 Å². The fraction of sp³-hybridized carbons (Fsp3) is 0.120. The molecule has 0 fully saturated rings. The van der Waals surface area contributed by atoms with E-state index in [1.54, 1.807) is 19.5 Å². The number of rotatable bonds is 4. The van der Waals surface area contributed by atoms with Crippen LogP contribution in [0.4, 0.5) is 17.6 Å². The lowest BCUT2D eigenvalue weighted by Gasteiger charge is -2.05. The molecule has 1 heterocycles. The van der Waals surface area contributed by atoms with Crippen LogP contribution in [-0.2, 0) is 11.2 Å². The summed E-state index contributed by atoms with van der Waals surface area (Å²) in [5.41, 5.74) is 1.03. The van der Waals surface area contributed by atoms with Gasteiger partial charge in [0, 0.05) is 36.0 Å². The summed E-state index contributed by atoms with van der Waals surface area (Å²) in [4.78, 5) is 8.31. The molecule has 0 saturated carbocycles. The fourth-order valence-corrected chi connectivity index (χ4v) is 3.15. The molecule has 0 radical (unpaired) electrons. The number of ether oxygens (including phenoxy) is 1. The molecular formula is C25H16F4N2O. The Kier molecular flexibility index (Phi) is 6.15. The van der Waals surface area contributed by atoms with Crippen LogP contribution in [0.5, 0.6) is 0 Å². The van der Waals surface area contributed by atoms with Gasteiger partial charge in [-0.1, -0.05) is 24.0 Å². The van der Waals surface area contributed by atoms with Crippen LogP contribution in [0.1, 0.15) is 16.7 Å². The van der Waals surface area contributed by atoms with E-state index in [1.807, 2.05) is 0 Å². The molecule has 4 rings (SSSR count). The van der Waals surface area contributed by atoms with Crippen molar-refractivity contribution in [3.05, 3.63) is 94.8 Å². The number of fused-ring (bicyclic) bond motifs is 1. The number of benzene rings is 3. The molecule has 1 aromatic heterocycles. The van der Waals surface area contributed by atoms with Crippen LogP contribution < -0.4 is 0 Å². The van der Waals surface area contributed by atoms with Crippen molar-refractivity contribution in [2.24, 2.45) is 0 Å². The Hall–Kier alpha value is -3.76. The van der Waals surface area contributed by atoms with Crippen LogP contribution in [0, 0.1) is 35.1 Å². The minimum Gasteiger partial charge on any atom is -0.384 e. The molecule has 0 aliphatic carbocycles. The summed E-state index contributed by atoms with van der Waals surface area (Å²) in [6.07, 6.45) is 3.79. The zero-order valence-corrected chi connectivity index (χ0v) is 16.9. The van der Waals surface area contributed by atoms with Crippen LogP contribution in [0.25, 0.3) is 22.2 Å². The van der Waals surface area contributed by atoms with E-state index in [0.29, 0.717) is 24.0 Å². The van der Waals surface area contributed by atoms with Crippen LogP contribution >= 0.6 is 0 Å². The molecule has 160 valence electrons.